The van der Waals surface area contributed by atoms with Crippen molar-refractivity contribution in [1.82, 2.24) is 4.90 Å². The first-order chi connectivity index (χ1) is 13.0. The summed E-state index contributed by atoms with van der Waals surface area (Å²) in [5.74, 6) is 0.328. The molecule has 0 N–H and O–H groups in total. The van der Waals surface area contributed by atoms with Gasteiger partial charge in [0.1, 0.15) is 6.10 Å². The minimum Gasteiger partial charge on any atom is -0.456 e. The molecule has 0 amide bonds. The highest BCUT2D eigenvalue weighted by atomic mass is 32.2. The number of aryl methyl sites for hydroxylation is 1. The SMILES string of the molecule is Cc1ccc(S(=O)(=O)/N=C2/O[C@H]3C=CC[C@H]3CN2Cc2ccccc2)cc1. The molecule has 2 atom stereocenters. The number of sulfonamides is 1. The van der Waals surface area contributed by atoms with Gasteiger partial charge in [0.15, 0.2) is 0 Å². The molecule has 1 saturated heterocycles. The van der Waals surface area contributed by atoms with Crippen LogP contribution in [0.25, 0.3) is 0 Å². The Bertz CT molecular complexity index is 966. The fourth-order valence-electron chi connectivity index (χ4n) is 3.43. The molecule has 1 fully saturated rings. The van der Waals surface area contributed by atoms with Crippen LogP contribution in [-0.4, -0.2) is 32.0 Å². The van der Waals surface area contributed by atoms with E-state index >= 15 is 0 Å². The number of nitrogens with zero attached hydrogens (tertiary/aromatic N) is 2. The zero-order valence-electron chi connectivity index (χ0n) is 15.2. The first kappa shape index (κ1) is 17.8. The zero-order valence-corrected chi connectivity index (χ0v) is 16.0. The topological polar surface area (TPSA) is 59.0 Å². The Balaban J connectivity index is 1.66. The van der Waals surface area contributed by atoms with Crippen molar-refractivity contribution < 1.29 is 13.2 Å². The second-order valence-corrected chi connectivity index (χ2v) is 8.64. The summed E-state index contributed by atoms with van der Waals surface area (Å²) in [6.07, 6.45) is 4.92. The van der Waals surface area contributed by atoms with Crippen molar-refractivity contribution in [3.63, 3.8) is 0 Å². The molecule has 0 bridgehead atoms. The molecule has 140 valence electrons. The summed E-state index contributed by atoms with van der Waals surface area (Å²) >= 11 is 0. The molecule has 4 rings (SSSR count). The fourth-order valence-corrected chi connectivity index (χ4v) is 4.38. The summed E-state index contributed by atoms with van der Waals surface area (Å²) in [7, 11) is -3.83. The molecule has 0 radical (unpaired) electrons. The lowest BCUT2D eigenvalue weighted by Gasteiger charge is -2.37. The van der Waals surface area contributed by atoms with E-state index in [1.165, 1.54) is 0 Å². The van der Waals surface area contributed by atoms with Crippen LogP contribution in [0.1, 0.15) is 17.5 Å². The second-order valence-electron chi connectivity index (χ2n) is 7.03. The van der Waals surface area contributed by atoms with Gasteiger partial charge in [0.05, 0.1) is 4.90 Å². The Morgan fingerprint density at radius 1 is 1.11 bits per heavy atom. The van der Waals surface area contributed by atoms with E-state index in [4.69, 9.17) is 4.74 Å². The number of fused-ring (bicyclic) bond motifs is 1. The molecule has 6 heteroatoms. The first-order valence-corrected chi connectivity index (χ1v) is 10.5. The van der Waals surface area contributed by atoms with Crippen molar-refractivity contribution in [3.05, 3.63) is 77.9 Å². The van der Waals surface area contributed by atoms with Crippen LogP contribution >= 0.6 is 0 Å². The van der Waals surface area contributed by atoms with Crippen LogP contribution in [0, 0.1) is 12.8 Å². The summed E-state index contributed by atoms with van der Waals surface area (Å²) in [5, 5.41) is 0. The molecular formula is C21H22N2O3S. The van der Waals surface area contributed by atoms with Gasteiger partial charge in [0.25, 0.3) is 10.0 Å². The van der Waals surface area contributed by atoms with E-state index in [0.717, 1.165) is 24.1 Å². The summed E-state index contributed by atoms with van der Waals surface area (Å²) in [5.41, 5.74) is 2.09. The van der Waals surface area contributed by atoms with E-state index in [2.05, 4.69) is 10.5 Å². The number of benzene rings is 2. The van der Waals surface area contributed by atoms with E-state index in [9.17, 15) is 8.42 Å². The van der Waals surface area contributed by atoms with Crippen LogP contribution < -0.4 is 0 Å². The van der Waals surface area contributed by atoms with Gasteiger partial charge in [-0.05, 0) is 37.1 Å². The number of hydrogen-bond donors (Lipinski definition) is 0. The number of rotatable bonds is 4. The maximum absolute atomic E-state index is 12.8. The minimum absolute atomic E-state index is 0.107. The number of hydrogen-bond acceptors (Lipinski definition) is 3. The third kappa shape index (κ3) is 3.90. The van der Waals surface area contributed by atoms with Crippen LogP contribution in [0.15, 0.2) is 76.0 Å². The van der Waals surface area contributed by atoms with Crippen molar-refractivity contribution in [2.75, 3.05) is 6.54 Å². The van der Waals surface area contributed by atoms with Crippen molar-refractivity contribution in [2.45, 2.75) is 30.9 Å². The van der Waals surface area contributed by atoms with Gasteiger partial charge in [-0.15, -0.1) is 4.40 Å². The van der Waals surface area contributed by atoms with E-state index in [1.807, 2.05) is 48.2 Å². The molecule has 0 aromatic heterocycles. The normalized spacial score (nSPS) is 23.3. The molecular weight excluding hydrogens is 360 g/mol. The third-order valence-electron chi connectivity index (χ3n) is 4.93. The number of amidine groups is 1. The highest BCUT2D eigenvalue weighted by Crippen LogP contribution is 2.29. The van der Waals surface area contributed by atoms with Gasteiger partial charge in [0, 0.05) is 19.0 Å². The van der Waals surface area contributed by atoms with Crippen LogP contribution in [0.2, 0.25) is 0 Å². The molecule has 0 saturated carbocycles. The molecule has 2 aromatic carbocycles. The monoisotopic (exact) mass is 382 g/mol. The molecule has 2 aliphatic rings. The predicted molar refractivity (Wildman–Crippen MR) is 105 cm³/mol. The number of ether oxygens (including phenoxy) is 1. The Morgan fingerprint density at radius 2 is 1.85 bits per heavy atom. The van der Waals surface area contributed by atoms with Crippen molar-refractivity contribution >= 4 is 16.0 Å². The molecule has 1 heterocycles. The van der Waals surface area contributed by atoms with Gasteiger partial charge < -0.3 is 9.64 Å². The van der Waals surface area contributed by atoms with Crippen molar-refractivity contribution in [1.29, 1.82) is 0 Å². The van der Waals surface area contributed by atoms with E-state index in [0.29, 0.717) is 12.5 Å². The Labute approximate surface area is 160 Å². The quantitative estimate of drug-likeness (QED) is 0.759. The van der Waals surface area contributed by atoms with Crippen LogP contribution in [0.4, 0.5) is 0 Å². The van der Waals surface area contributed by atoms with Gasteiger partial charge >= 0.3 is 6.02 Å². The average Bonchev–Trinajstić information content (AvgIpc) is 3.10. The second kappa shape index (κ2) is 7.19. The lowest BCUT2D eigenvalue weighted by atomic mass is 10.0. The Morgan fingerprint density at radius 3 is 2.59 bits per heavy atom. The van der Waals surface area contributed by atoms with Crippen LogP contribution in [-0.2, 0) is 21.3 Å². The van der Waals surface area contributed by atoms with Crippen LogP contribution in [0.3, 0.4) is 0 Å². The Kier molecular flexibility index (Phi) is 4.74. The zero-order chi connectivity index (χ0) is 18.9. The minimum atomic E-state index is -3.83. The molecule has 5 nitrogen and oxygen atoms in total. The van der Waals surface area contributed by atoms with E-state index in [1.54, 1.807) is 24.3 Å². The lowest BCUT2D eigenvalue weighted by molar-refractivity contribution is 0.0772. The lowest BCUT2D eigenvalue weighted by Crippen LogP contribution is -2.46. The highest BCUT2D eigenvalue weighted by molar-refractivity contribution is 7.90. The average molecular weight is 382 g/mol. The Hall–Kier alpha value is -2.60. The molecule has 0 spiro atoms. The van der Waals surface area contributed by atoms with E-state index < -0.39 is 10.0 Å². The summed E-state index contributed by atoms with van der Waals surface area (Å²) in [6, 6.07) is 16.8. The molecule has 1 aliphatic heterocycles. The third-order valence-corrected chi connectivity index (χ3v) is 6.19. The van der Waals surface area contributed by atoms with Gasteiger partial charge in [0.2, 0.25) is 0 Å². The van der Waals surface area contributed by atoms with Crippen molar-refractivity contribution in [3.8, 4) is 0 Å². The number of allylic oxidation sites excluding steroid dienone is 1. The largest absolute Gasteiger partial charge is 0.456 e. The summed E-state index contributed by atoms with van der Waals surface area (Å²) in [4.78, 5) is 2.10. The van der Waals surface area contributed by atoms with Gasteiger partial charge in [-0.1, -0.05) is 54.1 Å². The maximum atomic E-state index is 12.8. The molecule has 27 heavy (non-hydrogen) atoms. The fraction of sp³-hybridized carbons (Fsp3) is 0.286. The van der Waals surface area contributed by atoms with Gasteiger partial charge in [-0.25, -0.2) is 0 Å². The highest BCUT2D eigenvalue weighted by Gasteiger charge is 2.36. The summed E-state index contributed by atoms with van der Waals surface area (Å²) in [6.45, 7) is 3.20. The van der Waals surface area contributed by atoms with Crippen LogP contribution in [0.5, 0.6) is 0 Å². The smallest absolute Gasteiger partial charge is 0.304 e. The van der Waals surface area contributed by atoms with Gasteiger partial charge in [-0.3, -0.25) is 0 Å². The van der Waals surface area contributed by atoms with E-state index in [-0.39, 0.29) is 17.0 Å². The maximum Gasteiger partial charge on any atom is 0.304 e. The molecule has 1 aliphatic carbocycles. The standard InChI is InChI=1S/C21H22N2O3S/c1-16-10-12-19(13-11-16)27(24,25)22-21-23(14-17-6-3-2-4-7-17)15-18-8-5-9-20(18)26-21/h2-7,9-13,18,20H,8,14-15H2,1H3/b22-21+/t18-,20-/m0/s1. The van der Waals surface area contributed by atoms with Crippen molar-refractivity contribution in [2.24, 2.45) is 10.3 Å². The summed E-state index contributed by atoms with van der Waals surface area (Å²) < 4.78 is 35.6. The van der Waals surface area contributed by atoms with Gasteiger partial charge in [-0.2, -0.15) is 8.42 Å². The predicted octanol–water partition coefficient (Wildman–Crippen LogP) is 3.52. The molecule has 0 unspecified atom stereocenters. The first-order valence-electron chi connectivity index (χ1n) is 9.05. The molecule has 2 aromatic rings.